The Morgan fingerprint density at radius 3 is 2.67 bits per heavy atom. The molecule has 1 aliphatic rings. The van der Waals surface area contributed by atoms with Gasteiger partial charge in [0.1, 0.15) is 11.9 Å². The standard InChI is InChI=1S/C13H19NO/c1-2-8-14-11-9-13(10-11)15-12-6-4-3-5-7-12/h3-7,11,13-14H,2,8-10H2,1H3. The summed E-state index contributed by atoms with van der Waals surface area (Å²) in [4.78, 5) is 0. The minimum atomic E-state index is 0.418. The van der Waals surface area contributed by atoms with Gasteiger partial charge < -0.3 is 10.1 Å². The first-order valence-corrected chi connectivity index (χ1v) is 5.83. The molecule has 82 valence electrons. The molecule has 0 unspecified atom stereocenters. The molecular formula is C13H19NO. The van der Waals surface area contributed by atoms with Crippen LogP contribution in [0.25, 0.3) is 0 Å². The van der Waals surface area contributed by atoms with E-state index in [-0.39, 0.29) is 0 Å². The van der Waals surface area contributed by atoms with Crippen LogP contribution in [0.4, 0.5) is 0 Å². The van der Waals surface area contributed by atoms with Gasteiger partial charge in [-0.1, -0.05) is 25.1 Å². The molecule has 2 heteroatoms. The Hall–Kier alpha value is -1.02. The summed E-state index contributed by atoms with van der Waals surface area (Å²) in [5.74, 6) is 0.997. The highest BCUT2D eigenvalue weighted by molar-refractivity contribution is 5.21. The third-order valence-corrected chi connectivity index (χ3v) is 2.82. The average molecular weight is 205 g/mol. The van der Waals surface area contributed by atoms with Gasteiger partial charge in [0.2, 0.25) is 0 Å². The van der Waals surface area contributed by atoms with Crippen LogP contribution in [-0.2, 0) is 0 Å². The van der Waals surface area contributed by atoms with Crippen molar-refractivity contribution in [2.75, 3.05) is 6.54 Å². The summed E-state index contributed by atoms with van der Waals surface area (Å²) in [7, 11) is 0. The van der Waals surface area contributed by atoms with Crippen molar-refractivity contribution in [3.05, 3.63) is 30.3 Å². The summed E-state index contributed by atoms with van der Waals surface area (Å²) < 4.78 is 5.82. The summed E-state index contributed by atoms with van der Waals surface area (Å²) in [6.07, 6.45) is 3.92. The summed E-state index contributed by atoms with van der Waals surface area (Å²) >= 11 is 0. The molecule has 0 aromatic heterocycles. The fraction of sp³-hybridized carbons (Fsp3) is 0.538. The summed E-state index contributed by atoms with van der Waals surface area (Å²) in [5, 5.41) is 3.50. The van der Waals surface area contributed by atoms with E-state index in [1.54, 1.807) is 0 Å². The van der Waals surface area contributed by atoms with E-state index in [4.69, 9.17) is 4.74 Å². The third kappa shape index (κ3) is 2.96. The topological polar surface area (TPSA) is 21.3 Å². The highest BCUT2D eigenvalue weighted by Crippen LogP contribution is 2.25. The first-order valence-electron chi connectivity index (χ1n) is 5.83. The van der Waals surface area contributed by atoms with Crippen LogP contribution in [0.3, 0.4) is 0 Å². The van der Waals surface area contributed by atoms with E-state index in [2.05, 4.69) is 12.2 Å². The number of hydrogen-bond acceptors (Lipinski definition) is 2. The first-order chi connectivity index (χ1) is 7.38. The van der Waals surface area contributed by atoms with Crippen LogP contribution in [0.2, 0.25) is 0 Å². The predicted molar refractivity (Wildman–Crippen MR) is 62.2 cm³/mol. The van der Waals surface area contributed by atoms with Gasteiger partial charge in [-0.25, -0.2) is 0 Å². The summed E-state index contributed by atoms with van der Waals surface area (Å²) in [6.45, 7) is 3.33. The van der Waals surface area contributed by atoms with Crippen LogP contribution < -0.4 is 10.1 Å². The van der Waals surface area contributed by atoms with Crippen molar-refractivity contribution in [2.45, 2.75) is 38.3 Å². The number of para-hydroxylation sites is 1. The third-order valence-electron chi connectivity index (χ3n) is 2.82. The summed E-state index contributed by atoms with van der Waals surface area (Å²) in [6, 6.07) is 10.8. The number of rotatable bonds is 5. The molecule has 1 fully saturated rings. The van der Waals surface area contributed by atoms with E-state index in [0.29, 0.717) is 12.1 Å². The maximum atomic E-state index is 5.82. The minimum absolute atomic E-state index is 0.418. The Morgan fingerprint density at radius 2 is 2.00 bits per heavy atom. The molecule has 15 heavy (non-hydrogen) atoms. The molecule has 2 nitrogen and oxygen atoms in total. The van der Waals surface area contributed by atoms with Crippen molar-refractivity contribution >= 4 is 0 Å². The van der Waals surface area contributed by atoms with E-state index in [9.17, 15) is 0 Å². The second kappa shape index (κ2) is 5.17. The van der Waals surface area contributed by atoms with Crippen LogP contribution >= 0.6 is 0 Å². The van der Waals surface area contributed by atoms with Gasteiger partial charge in [-0.15, -0.1) is 0 Å². The molecule has 1 aromatic rings. The normalized spacial score (nSPS) is 24.6. The molecule has 0 bridgehead atoms. The maximum absolute atomic E-state index is 5.82. The van der Waals surface area contributed by atoms with Crippen molar-refractivity contribution in [2.24, 2.45) is 0 Å². The van der Waals surface area contributed by atoms with E-state index >= 15 is 0 Å². The Morgan fingerprint density at radius 1 is 1.27 bits per heavy atom. The summed E-state index contributed by atoms with van der Waals surface area (Å²) in [5.41, 5.74) is 0. The molecule has 0 spiro atoms. The molecule has 0 atom stereocenters. The maximum Gasteiger partial charge on any atom is 0.119 e. The van der Waals surface area contributed by atoms with Gasteiger partial charge >= 0.3 is 0 Å². The van der Waals surface area contributed by atoms with Crippen molar-refractivity contribution < 1.29 is 4.74 Å². The average Bonchev–Trinajstić information content (AvgIpc) is 2.23. The SMILES string of the molecule is CCCNC1CC(Oc2ccccc2)C1. The molecule has 0 saturated heterocycles. The number of nitrogens with one attached hydrogen (secondary N) is 1. The van der Waals surface area contributed by atoms with Crippen LogP contribution in [0.1, 0.15) is 26.2 Å². The van der Waals surface area contributed by atoms with E-state index in [0.717, 1.165) is 25.1 Å². The van der Waals surface area contributed by atoms with Gasteiger partial charge in [0.25, 0.3) is 0 Å². The molecule has 2 rings (SSSR count). The zero-order valence-corrected chi connectivity index (χ0v) is 9.28. The Labute approximate surface area is 91.6 Å². The molecule has 1 aliphatic carbocycles. The second-order valence-corrected chi connectivity index (χ2v) is 4.18. The fourth-order valence-corrected chi connectivity index (χ4v) is 1.87. The predicted octanol–water partition coefficient (Wildman–Crippen LogP) is 2.60. The van der Waals surface area contributed by atoms with Crippen LogP contribution in [0.5, 0.6) is 5.75 Å². The van der Waals surface area contributed by atoms with E-state index in [1.165, 1.54) is 6.42 Å². The lowest BCUT2D eigenvalue weighted by molar-refractivity contribution is 0.0852. The monoisotopic (exact) mass is 205 g/mol. The van der Waals surface area contributed by atoms with Gasteiger partial charge in [0.05, 0.1) is 0 Å². The molecule has 1 aromatic carbocycles. The minimum Gasteiger partial charge on any atom is -0.490 e. The van der Waals surface area contributed by atoms with Crippen LogP contribution in [0.15, 0.2) is 30.3 Å². The lowest BCUT2D eigenvalue weighted by Gasteiger charge is -2.36. The highest BCUT2D eigenvalue weighted by atomic mass is 16.5. The number of hydrogen-bond donors (Lipinski definition) is 1. The number of ether oxygens (including phenoxy) is 1. The van der Waals surface area contributed by atoms with E-state index < -0.39 is 0 Å². The molecule has 1 N–H and O–H groups in total. The highest BCUT2D eigenvalue weighted by Gasteiger charge is 2.29. The smallest absolute Gasteiger partial charge is 0.119 e. The van der Waals surface area contributed by atoms with Gasteiger partial charge in [-0.3, -0.25) is 0 Å². The Bertz CT molecular complexity index is 280. The lowest BCUT2D eigenvalue weighted by Crippen LogP contribution is -2.46. The van der Waals surface area contributed by atoms with Gasteiger partial charge in [-0.05, 0) is 37.9 Å². The zero-order chi connectivity index (χ0) is 10.5. The van der Waals surface area contributed by atoms with Crippen molar-refractivity contribution in [1.82, 2.24) is 5.32 Å². The fourth-order valence-electron chi connectivity index (χ4n) is 1.87. The molecule has 0 amide bonds. The second-order valence-electron chi connectivity index (χ2n) is 4.18. The van der Waals surface area contributed by atoms with E-state index in [1.807, 2.05) is 30.3 Å². The molecule has 0 aliphatic heterocycles. The molecule has 1 saturated carbocycles. The quantitative estimate of drug-likeness (QED) is 0.797. The largest absolute Gasteiger partial charge is 0.490 e. The van der Waals surface area contributed by atoms with Crippen molar-refractivity contribution in [3.8, 4) is 5.75 Å². The van der Waals surface area contributed by atoms with Crippen LogP contribution in [0, 0.1) is 0 Å². The molecule has 0 radical (unpaired) electrons. The van der Waals surface area contributed by atoms with Gasteiger partial charge in [0.15, 0.2) is 0 Å². The molecular weight excluding hydrogens is 186 g/mol. The van der Waals surface area contributed by atoms with Crippen molar-refractivity contribution in [1.29, 1.82) is 0 Å². The van der Waals surface area contributed by atoms with Crippen molar-refractivity contribution in [3.63, 3.8) is 0 Å². The molecule has 0 heterocycles. The number of benzene rings is 1. The lowest BCUT2D eigenvalue weighted by atomic mass is 9.89. The van der Waals surface area contributed by atoms with Gasteiger partial charge in [-0.2, -0.15) is 0 Å². The Balaban J connectivity index is 1.68. The zero-order valence-electron chi connectivity index (χ0n) is 9.28. The van der Waals surface area contributed by atoms with Crippen LogP contribution in [-0.4, -0.2) is 18.7 Å². The van der Waals surface area contributed by atoms with Gasteiger partial charge in [0, 0.05) is 6.04 Å². The first kappa shape index (κ1) is 10.5. The Kier molecular flexibility index (Phi) is 3.62.